The van der Waals surface area contributed by atoms with Crippen LogP contribution in [0.4, 0.5) is 17.1 Å². The van der Waals surface area contributed by atoms with Crippen molar-refractivity contribution >= 4 is 28.7 Å². The number of amidine groups is 2. The summed E-state index contributed by atoms with van der Waals surface area (Å²) in [4.78, 5) is 12.4. The summed E-state index contributed by atoms with van der Waals surface area (Å²) in [5.74, 6) is 1.54. The molecule has 2 heterocycles. The fraction of sp³-hybridized carbons (Fsp3) is 0.0833. The van der Waals surface area contributed by atoms with Gasteiger partial charge in [-0.3, -0.25) is 0 Å². The number of hydrogen-bond acceptors (Lipinski definition) is 5. The van der Waals surface area contributed by atoms with Gasteiger partial charge in [-0.05, 0) is 81.8 Å². The van der Waals surface area contributed by atoms with Gasteiger partial charge in [0.05, 0.1) is 11.4 Å². The molecule has 0 aliphatic carbocycles. The van der Waals surface area contributed by atoms with E-state index in [2.05, 4.69) is 168 Å². The summed E-state index contributed by atoms with van der Waals surface area (Å²) in [6.45, 7) is 2.23. The monoisotopic (exact) mass is 685 g/mol. The summed E-state index contributed by atoms with van der Waals surface area (Å²) < 4.78 is 0. The number of nitrogens with zero attached hydrogens (tertiary/aromatic N) is 3. The molecule has 2 N–H and O–H groups in total. The second-order valence-electron chi connectivity index (χ2n) is 13.5. The summed E-state index contributed by atoms with van der Waals surface area (Å²) in [5.41, 5.74) is 13.8. The maximum absolute atomic E-state index is 5.04. The average molecular weight is 686 g/mol. The van der Waals surface area contributed by atoms with E-state index in [1.807, 2.05) is 36.4 Å². The molecule has 0 amide bonds. The van der Waals surface area contributed by atoms with Crippen LogP contribution in [-0.4, -0.2) is 17.8 Å². The van der Waals surface area contributed by atoms with Crippen molar-refractivity contribution in [3.63, 3.8) is 0 Å². The number of anilines is 3. The quantitative estimate of drug-likeness (QED) is 0.167. The van der Waals surface area contributed by atoms with Crippen LogP contribution in [-0.2, 0) is 0 Å². The Hall–Kier alpha value is -6.72. The van der Waals surface area contributed by atoms with Crippen LogP contribution in [0, 0.1) is 0 Å². The fourth-order valence-corrected chi connectivity index (χ4v) is 7.33. The van der Waals surface area contributed by atoms with E-state index in [1.165, 1.54) is 44.9 Å². The molecule has 7 aromatic rings. The van der Waals surface area contributed by atoms with E-state index in [0.717, 1.165) is 40.3 Å². The van der Waals surface area contributed by atoms with Crippen LogP contribution < -0.4 is 15.5 Å². The van der Waals surface area contributed by atoms with Gasteiger partial charge in [0.15, 0.2) is 5.84 Å². The van der Waals surface area contributed by atoms with Gasteiger partial charge in [-0.15, -0.1) is 0 Å². The third-order valence-electron chi connectivity index (χ3n) is 10.1. The van der Waals surface area contributed by atoms with Crippen molar-refractivity contribution in [2.75, 3.05) is 10.2 Å². The van der Waals surface area contributed by atoms with Crippen LogP contribution in [0.3, 0.4) is 0 Å². The van der Waals surface area contributed by atoms with Crippen LogP contribution in [0.5, 0.6) is 0 Å². The number of aliphatic imine (C=N–C) groups is 2. The van der Waals surface area contributed by atoms with Gasteiger partial charge in [0, 0.05) is 16.8 Å². The minimum absolute atomic E-state index is 0.247. The summed E-state index contributed by atoms with van der Waals surface area (Å²) in [6.07, 6.45) is 0.997. The van der Waals surface area contributed by atoms with E-state index in [0.29, 0.717) is 0 Å². The summed E-state index contributed by atoms with van der Waals surface area (Å²) in [7, 11) is 0. The first kappa shape index (κ1) is 32.2. The molecule has 0 bridgehead atoms. The summed E-state index contributed by atoms with van der Waals surface area (Å²) >= 11 is 0. The lowest BCUT2D eigenvalue weighted by molar-refractivity contribution is 0.674. The highest BCUT2D eigenvalue weighted by atomic mass is 15.3. The van der Waals surface area contributed by atoms with Gasteiger partial charge in [0.25, 0.3) is 0 Å². The van der Waals surface area contributed by atoms with Crippen LogP contribution >= 0.6 is 0 Å². The van der Waals surface area contributed by atoms with Gasteiger partial charge in [-0.2, -0.15) is 0 Å². The Balaban J connectivity index is 0.955. The van der Waals surface area contributed by atoms with Crippen LogP contribution in [0.25, 0.3) is 33.4 Å². The standard InChI is InChI=1S/C48H39N5/c1-2-45-49-43-21-9-10-22-44(43)53(45)42-29-27-34(28-30-42)39-18-12-20-41(32-39)40-19-11-17-38(31-40)33-23-25-37(26-24-33)48-51-46(35-13-5-3-6-14-35)50-47(52-48)36-15-7-4-8-16-36/h3-32,45,48-49H,2H2,1H3,(H,50,51,52). The Kier molecular flexibility index (Phi) is 8.58. The second-order valence-corrected chi connectivity index (χ2v) is 13.5. The van der Waals surface area contributed by atoms with E-state index >= 15 is 0 Å². The van der Waals surface area contributed by atoms with Crippen molar-refractivity contribution < 1.29 is 0 Å². The van der Waals surface area contributed by atoms with Crippen molar-refractivity contribution in [2.45, 2.75) is 25.7 Å². The van der Waals surface area contributed by atoms with Gasteiger partial charge in [0.2, 0.25) is 0 Å². The molecule has 2 aliphatic rings. The number of rotatable bonds is 8. The second kappa shape index (κ2) is 14.1. The zero-order valence-electron chi connectivity index (χ0n) is 29.5. The molecule has 256 valence electrons. The summed E-state index contributed by atoms with van der Waals surface area (Å²) in [6, 6.07) is 64.3. The zero-order chi connectivity index (χ0) is 35.6. The SMILES string of the molecule is CCC1Nc2ccccc2N1c1ccc(-c2cccc(-c3cccc(-c4ccc(C5N=C(c6ccccc6)N=C(c6ccccc6)N5)cc4)c3)c2)cc1. The zero-order valence-corrected chi connectivity index (χ0v) is 29.5. The minimum atomic E-state index is -0.258. The lowest BCUT2D eigenvalue weighted by atomic mass is 9.95. The van der Waals surface area contributed by atoms with Crippen LogP contribution in [0.1, 0.15) is 36.2 Å². The van der Waals surface area contributed by atoms with Crippen molar-refractivity contribution in [1.29, 1.82) is 0 Å². The molecule has 2 atom stereocenters. The third kappa shape index (κ3) is 6.49. The Morgan fingerprint density at radius 1 is 0.491 bits per heavy atom. The molecule has 0 radical (unpaired) electrons. The molecule has 0 fully saturated rings. The highest BCUT2D eigenvalue weighted by Gasteiger charge is 2.28. The van der Waals surface area contributed by atoms with Crippen molar-refractivity contribution in [3.8, 4) is 33.4 Å². The molecule has 0 spiro atoms. The molecule has 7 aromatic carbocycles. The predicted molar refractivity (Wildman–Crippen MR) is 221 cm³/mol. The van der Waals surface area contributed by atoms with Crippen LogP contribution in [0.2, 0.25) is 0 Å². The molecule has 2 unspecified atom stereocenters. The molecule has 5 heteroatoms. The van der Waals surface area contributed by atoms with E-state index in [9.17, 15) is 0 Å². The van der Waals surface area contributed by atoms with Gasteiger partial charge in [0.1, 0.15) is 18.2 Å². The number of para-hydroxylation sites is 2. The highest BCUT2D eigenvalue weighted by molar-refractivity contribution is 6.13. The predicted octanol–water partition coefficient (Wildman–Crippen LogP) is 11.5. The molecular formula is C48H39N5. The third-order valence-corrected chi connectivity index (χ3v) is 10.1. The number of hydrogen-bond donors (Lipinski definition) is 2. The number of benzene rings is 7. The lowest BCUT2D eigenvalue weighted by Crippen LogP contribution is -2.33. The average Bonchev–Trinajstić information content (AvgIpc) is 3.63. The molecule has 9 rings (SSSR count). The molecule has 2 aliphatic heterocycles. The van der Waals surface area contributed by atoms with Gasteiger partial charge >= 0.3 is 0 Å². The minimum Gasteiger partial charge on any atom is -0.363 e. The van der Waals surface area contributed by atoms with Crippen molar-refractivity contribution in [3.05, 3.63) is 199 Å². The smallest absolute Gasteiger partial charge is 0.159 e. The first-order valence-electron chi connectivity index (χ1n) is 18.3. The Bertz CT molecular complexity index is 2430. The molecule has 53 heavy (non-hydrogen) atoms. The fourth-order valence-electron chi connectivity index (χ4n) is 7.33. The highest BCUT2D eigenvalue weighted by Crippen LogP contribution is 2.41. The lowest BCUT2D eigenvalue weighted by Gasteiger charge is -2.26. The van der Waals surface area contributed by atoms with Gasteiger partial charge in [-0.25, -0.2) is 9.98 Å². The maximum atomic E-state index is 5.04. The van der Waals surface area contributed by atoms with Gasteiger partial charge in [-0.1, -0.05) is 153 Å². The van der Waals surface area contributed by atoms with Crippen molar-refractivity contribution in [1.82, 2.24) is 5.32 Å². The normalized spacial score (nSPS) is 16.2. The molecule has 0 aromatic heterocycles. The Morgan fingerprint density at radius 2 is 1.02 bits per heavy atom. The van der Waals surface area contributed by atoms with E-state index in [1.54, 1.807) is 0 Å². The number of fused-ring (bicyclic) bond motifs is 1. The Morgan fingerprint density at radius 3 is 1.64 bits per heavy atom. The first-order valence-corrected chi connectivity index (χ1v) is 18.3. The first-order chi connectivity index (χ1) is 26.2. The molecular weight excluding hydrogens is 647 g/mol. The van der Waals surface area contributed by atoms with E-state index in [4.69, 9.17) is 9.98 Å². The van der Waals surface area contributed by atoms with Gasteiger partial charge < -0.3 is 15.5 Å². The summed E-state index contributed by atoms with van der Waals surface area (Å²) in [5, 5.41) is 7.24. The molecule has 5 nitrogen and oxygen atoms in total. The largest absolute Gasteiger partial charge is 0.363 e. The van der Waals surface area contributed by atoms with Crippen molar-refractivity contribution in [2.24, 2.45) is 9.98 Å². The molecule has 0 saturated carbocycles. The maximum Gasteiger partial charge on any atom is 0.159 e. The Labute approximate surface area is 311 Å². The molecule has 0 saturated heterocycles. The van der Waals surface area contributed by atoms with E-state index in [-0.39, 0.29) is 12.3 Å². The number of nitrogens with one attached hydrogen (secondary N) is 2. The van der Waals surface area contributed by atoms with E-state index < -0.39 is 0 Å². The van der Waals surface area contributed by atoms with Crippen LogP contribution in [0.15, 0.2) is 192 Å². The topological polar surface area (TPSA) is 52.0 Å².